The molecular weight excluding hydrogens is 372 g/mol. The van der Waals surface area contributed by atoms with Crippen molar-refractivity contribution in [2.45, 2.75) is 98.2 Å². The highest BCUT2D eigenvalue weighted by molar-refractivity contribution is 5.46. The third kappa shape index (κ3) is 8.02. The van der Waals surface area contributed by atoms with Gasteiger partial charge >= 0.3 is 0 Å². The Morgan fingerprint density at radius 1 is 0.933 bits per heavy atom. The number of hydrogen-bond donors (Lipinski definition) is 2. The molecule has 0 spiro atoms. The van der Waals surface area contributed by atoms with Gasteiger partial charge in [-0.3, -0.25) is 0 Å². The largest absolute Gasteiger partial charge is 0.508 e. The standard InChI is InChI=1S/C27H40O3/c1-19(10-8-12-21(3)14-16-25-27(5,6)30-25)9-7-11-20(2)13-15-23-18-24(28)17-22(4)26(23)29/h9,12-13,17-18,25,28-29H,7-8,10-11,14-16H2,1-6H3. The van der Waals surface area contributed by atoms with E-state index in [0.29, 0.717) is 18.1 Å². The molecule has 30 heavy (non-hydrogen) atoms. The van der Waals surface area contributed by atoms with E-state index < -0.39 is 0 Å². The lowest BCUT2D eigenvalue weighted by atomic mass is 10.0. The third-order valence-corrected chi connectivity index (χ3v) is 6.06. The molecule has 0 amide bonds. The van der Waals surface area contributed by atoms with Gasteiger partial charge in [-0.2, -0.15) is 0 Å². The number of phenolic OH excluding ortho intramolecular Hbond substituents is 2. The van der Waals surface area contributed by atoms with Crippen molar-refractivity contribution in [2.24, 2.45) is 0 Å². The Labute approximate surface area is 183 Å². The lowest BCUT2D eigenvalue weighted by molar-refractivity contribution is 0.320. The molecule has 0 saturated carbocycles. The third-order valence-electron chi connectivity index (χ3n) is 6.06. The van der Waals surface area contributed by atoms with E-state index >= 15 is 0 Å². The first-order chi connectivity index (χ1) is 14.1. The first kappa shape index (κ1) is 24.3. The fourth-order valence-corrected chi connectivity index (χ4v) is 3.77. The van der Waals surface area contributed by atoms with Gasteiger partial charge < -0.3 is 14.9 Å². The summed E-state index contributed by atoms with van der Waals surface area (Å²) in [4.78, 5) is 0. The Morgan fingerprint density at radius 3 is 2.03 bits per heavy atom. The van der Waals surface area contributed by atoms with Crippen LogP contribution in [0.4, 0.5) is 0 Å². The van der Waals surface area contributed by atoms with Gasteiger partial charge in [-0.25, -0.2) is 0 Å². The van der Waals surface area contributed by atoms with Crippen molar-refractivity contribution in [3.05, 3.63) is 58.2 Å². The molecule has 1 fully saturated rings. The number of benzene rings is 1. The molecule has 2 rings (SSSR count). The summed E-state index contributed by atoms with van der Waals surface area (Å²) in [5.74, 6) is 0.489. The predicted octanol–water partition coefficient (Wildman–Crippen LogP) is 7.31. The molecule has 166 valence electrons. The van der Waals surface area contributed by atoms with Crippen LogP contribution in [0, 0.1) is 6.92 Å². The summed E-state index contributed by atoms with van der Waals surface area (Å²) in [6.45, 7) is 12.7. The molecule has 1 aromatic rings. The monoisotopic (exact) mass is 412 g/mol. The first-order valence-electron chi connectivity index (χ1n) is 11.2. The number of phenols is 2. The Bertz CT molecular complexity index is 812. The van der Waals surface area contributed by atoms with Crippen LogP contribution in [0.15, 0.2) is 47.1 Å². The van der Waals surface area contributed by atoms with E-state index in [0.717, 1.165) is 44.1 Å². The molecule has 2 N–H and O–H groups in total. The minimum Gasteiger partial charge on any atom is -0.508 e. The van der Waals surface area contributed by atoms with Crippen LogP contribution in [0.25, 0.3) is 0 Å². The minimum atomic E-state index is 0.106. The van der Waals surface area contributed by atoms with Gasteiger partial charge in [-0.05, 0) is 104 Å². The number of rotatable bonds is 11. The van der Waals surface area contributed by atoms with Crippen LogP contribution < -0.4 is 0 Å². The summed E-state index contributed by atoms with van der Waals surface area (Å²) >= 11 is 0. The molecular formula is C27H40O3. The summed E-state index contributed by atoms with van der Waals surface area (Å²) in [5, 5.41) is 19.9. The van der Waals surface area contributed by atoms with Gasteiger partial charge in [0.25, 0.3) is 0 Å². The van der Waals surface area contributed by atoms with Crippen molar-refractivity contribution in [3.63, 3.8) is 0 Å². The summed E-state index contributed by atoms with van der Waals surface area (Å²) < 4.78 is 5.66. The van der Waals surface area contributed by atoms with E-state index in [4.69, 9.17) is 4.74 Å². The molecule has 0 aromatic heterocycles. The van der Waals surface area contributed by atoms with Crippen molar-refractivity contribution < 1.29 is 14.9 Å². The number of aromatic hydroxyl groups is 2. The number of aryl methyl sites for hydroxylation is 1. The molecule has 1 aliphatic rings. The normalized spacial score (nSPS) is 19.3. The van der Waals surface area contributed by atoms with Crippen LogP contribution in [0.2, 0.25) is 0 Å². The number of allylic oxidation sites excluding steroid dienone is 6. The van der Waals surface area contributed by atoms with Crippen LogP contribution in [-0.2, 0) is 11.2 Å². The highest BCUT2D eigenvalue weighted by Gasteiger charge is 2.46. The SMILES string of the molecule is CC(=CCCC(C)=CCc1cc(O)cc(C)c1O)CCC=C(C)CCC1OC1(C)C. The zero-order chi connectivity index (χ0) is 22.3. The van der Waals surface area contributed by atoms with E-state index in [9.17, 15) is 10.2 Å². The highest BCUT2D eigenvalue weighted by atomic mass is 16.6. The predicted molar refractivity (Wildman–Crippen MR) is 126 cm³/mol. The Hall–Kier alpha value is -2.00. The second kappa shape index (κ2) is 10.9. The second-order valence-corrected chi connectivity index (χ2v) is 9.45. The number of hydrogen-bond acceptors (Lipinski definition) is 3. The van der Waals surface area contributed by atoms with E-state index in [1.54, 1.807) is 12.1 Å². The van der Waals surface area contributed by atoms with E-state index in [1.165, 1.54) is 16.7 Å². The topological polar surface area (TPSA) is 53.0 Å². The molecule has 0 bridgehead atoms. The maximum atomic E-state index is 10.1. The maximum Gasteiger partial charge on any atom is 0.122 e. The molecule has 1 heterocycles. The molecule has 3 nitrogen and oxygen atoms in total. The van der Waals surface area contributed by atoms with Gasteiger partial charge in [0.05, 0.1) is 11.7 Å². The average molecular weight is 413 g/mol. The molecule has 3 heteroatoms. The molecule has 0 radical (unpaired) electrons. The summed E-state index contributed by atoms with van der Waals surface area (Å²) in [7, 11) is 0. The van der Waals surface area contributed by atoms with Crippen LogP contribution in [-0.4, -0.2) is 21.9 Å². The van der Waals surface area contributed by atoms with Crippen LogP contribution in [0.3, 0.4) is 0 Å². The van der Waals surface area contributed by atoms with Crippen molar-refractivity contribution in [2.75, 3.05) is 0 Å². The average Bonchev–Trinajstić information content (AvgIpc) is 3.28. The van der Waals surface area contributed by atoms with Crippen molar-refractivity contribution >= 4 is 0 Å². The van der Waals surface area contributed by atoms with Crippen molar-refractivity contribution in [1.29, 1.82) is 0 Å². The molecule has 1 aliphatic heterocycles. The number of epoxide rings is 1. The maximum absolute atomic E-state index is 10.1. The lowest BCUT2D eigenvalue weighted by Gasteiger charge is -2.07. The summed E-state index contributed by atoms with van der Waals surface area (Å²) in [5.41, 5.74) is 5.81. The van der Waals surface area contributed by atoms with Gasteiger partial charge in [-0.15, -0.1) is 0 Å². The van der Waals surface area contributed by atoms with Gasteiger partial charge in [0.15, 0.2) is 0 Å². The van der Waals surface area contributed by atoms with Crippen LogP contribution in [0.1, 0.15) is 84.3 Å². The van der Waals surface area contributed by atoms with E-state index in [-0.39, 0.29) is 17.1 Å². The minimum absolute atomic E-state index is 0.106. The molecule has 1 unspecified atom stereocenters. The molecule has 0 aliphatic carbocycles. The Morgan fingerprint density at radius 2 is 1.47 bits per heavy atom. The Balaban J connectivity index is 1.68. The zero-order valence-corrected chi connectivity index (χ0v) is 19.7. The molecule has 1 saturated heterocycles. The summed E-state index contributed by atoms with van der Waals surface area (Å²) in [6.07, 6.45) is 14.5. The zero-order valence-electron chi connectivity index (χ0n) is 19.7. The van der Waals surface area contributed by atoms with Gasteiger partial charge in [-0.1, -0.05) is 34.9 Å². The fraction of sp³-hybridized carbons (Fsp3) is 0.556. The van der Waals surface area contributed by atoms with Gasteiger partial charge in [0.2, 0.25) is 0 Å². The highest BCUT2D eigenvalue weighted by Crippen LogP contribution is 2.39. The van der Waals surface area contributed by atoms with Gasteiger partial charge in [0, 0.05) is 5.56 Å². The van der Waals surface area contributed by atoms with Gasteiger partial charge in [0.1, 0.15) is 11.5 Å². The molecule has 1 atom stereocenters. The van der Waals surface area contributed by atoms with Crippen LogP contribution in [0.5, 0.6) is 11.5 Å². The summed E-state index contributed by atoms with van der Waals surface area (Å²) in [6, 6.07) is 3.23. The lowest BCUT2D eigenvalue weighted by Crippen LogP contribution is -2.02. The Kier molecular flexibility index (Phi) is 8.78. The number of ether oxygens (including phenoxy) is 1. The van der Waals surface area contributed by atoms with Crippen molar-refractivity contribution in [1.82, 2.24) is 0 Å². The van der Waals surface area contributed by atoms with Crippen molar-refractivity contribution in [3.8, 4) is 11.5 Å². The fourth-order valence-electron chi connectivity index (χ4n) is 3.77. The van der Waals surface area contributed by atoms with E-state index in [1.807, 2.05) is 6.92 Å². The molecule has 1 aromatic carbocycles. The quantitative estimate of drug-likeness (QED) is 0.228. The second-order valence-electron chi connectivity index (χ2n) is 9.45. The smallest absolute Gasteiger partial charge is 0.122 e. The van der Waals surface area contributed by atoms with E-state index in [2.05, 4.69) is 52.8 Å². The first-order valence-corrected chi connectivity index (χ1v) is 11.2. The van der Waals surface area contributed by atoms with Crippen LogP contribution >= 0.6 is 0 Å².